The molecule has 0 aliphatic carbocycles. The van der Waals surface area contributed by atoms with Gasteiger partial charge in [-0.3, -0.25) is 4.79 Å². The van der Waals surface area contributed by atoms with E-state index in [1.54, 1.807) is 19.1 Å². The summed E-state index contributed by atoms with van der Waals surface area (Å²) in [6, 6.07) is 6.36. The van der Waals surface area contributed by atoms with E-state index in [-0.39, 0.29) is 30.2 Å². The van der Waals surface area contributed by atoms with Crippen LogP contribution in [-0.4, -0.2) is 23.1 Å². The normalized spacial score (nSPS) is 12.1. The lowest BCUT2D eigenvalue weighted by molar-refractivity contribution is -0.134. The molecule has 7 heteroatoms. The van der Waals surface area contributed by atoms with Gasteiger partial charge in [0.2, 0.25) is 11.8 Å². The monoisotopic (exact) mass is 350 g/mol. The molecular formula is C18H20F2N2O3. The summed E-state index contributed by atoms with van der Waals surface area (Å²) in [6.45, 7) is 5.47. The van der Waals surface area contributed by atoms with Crippen molar-refractivity contribution in [2.45, 2.75) is 39.5 Å². The second-order valence-corrected chi connectivity index (χ2v) is 5.69. The van der Waals surface area contributed by atoms with Crippen molar-refractivity contribution >= 4 is 5.91 Å². The Labute approximate surface area is 145 Å². The zero-order chi connectivity index (χ0) is 18.4. The molecule has 0 saturated carbocycles. The van der Waals surface area contributed by atoms with E-state index in [1.165, 1.54) is 12.3 Å². The molecule has 1 unspecified atom stereocenters. The highest BCUT2D eigenvalue weighted by Crippen LogP contribution is 2.26. The van der Waals surface area contributed by atoms with Gasteiger partial charge in [-0.1, -0.05) is 6.07 Å². The number of carbonyl (C=O) groups is 1. The predicted molar refractivity (Wildman–Crippen MR) is 88.2 cm³/mol. The number of pyridine rings is 1. The fourth-order valence-corrected chi connectivity index (χ4v) is 2.11. The quantitative estimate of drug-likeness (QED) is 0.829. The Morgan fingerprint density at radius 2 is 2.00 bits per heavy atom. The number of amides is 1. The molecule has 0 saturated heterocycles. The van der Waals surface area contributed by atoms with Crippen molar-refractivity contribution in [2.75, 3.05) is 0 Å². The van der Waals surface area contributed by atoms with Crippen molar-refractivity contribution in [3.8, 4) is 11.6 Å². The number of halogens is 2. The third-order valence-electron chi connectivity index (χ3n) is 3.25. The summed E-state index contributed by atoms with van der Waals surface area (Å²) in [5, 5.41) is 2.72. The van der Waals surface area contributed by atoms with Crippen molar-refractivity contribution in [1.82, 2.24) is 10.3 Å². The number of ether oxygens (including phenoxy) is 2. The van der Waals surface area contributed by atoms with Crippen LogP contribution in [0.3, 0.4) is 0 Å². The maximum atomic E-state index is 13.7. The third kappa shape index (κ3) is 5.49. The van der Waals surface area contributed by atoms with Crippen molar-refractivity contribution in [1.29, 1.82) is 0 Å². The molecule has 0 aliphatic heterocycles. The van der Waals surface area contributed by atoms with Gasteiger partial charge in [-0.2, -0.15) is 0 Å². The summed E-state index contributed by atoms with van der Waals surface area (Å²) in [5.41, 5.74) is 0.552. The molecule has 134 valence electrons. The van der Waals surface area contributed by atoms with Crippen LogP contribution in [0.2, 0.25) is 0 Å². The predicted octanol–water partition coefficient (Wildman–Crippen LogP) is 3.58. The van der Waals surface area contributed by atoms with E-state index in [0.29, 0.717) is 5.56 Å². The largest absolute Gasteiger partial charge is 0.436 e. The van der Waals surface area contributed by atoms with Gasteiger partial charge in [-0.25, -0.2) is 13.8 Å². The van der Waals surface area contributed by atoms with Gasteiger partial charge >= 0.3 is 0 Å². The summed E-state index contributed by atoms with van der Waals surface area (Å²) in [4.78, 5) is 16.1. The molecular weight excluding hydrogens is 330 g/mol. The maximum Gasteiger partial charge on any atom is 0.249 e. The van der Waals surface area contributed by atoms with E-state index < -0.39 is 17.7 Å². The first-order valence-electron chi connectivity index (χ1n) is 7.86. The zero-order valence-electron chi connectivity index (χ0n) is 14.3. The molecule has 5 nitrogen and oxygen atoms in total. The van der Waals surface area contributed by atoms with Crippen LogP contribution in [0, 0.1) is 11.6 Å². The fraction of sp³-hybridized carbons (Fsp3) is 0.333. The second kappa shape index (κ2) is 8.53. The number of benzene rings is 1. The van der Waals surface area contributed by atoms with Gasteiger partial charge in [0, 0.05) is 24.4 Å². The second-order valence-electron chi connectivity index (χ2n) is 5.69. The fourth-order valence-electron chi connectivity index (χ4n) is 2.11. The summed E-state index contributed by atoms with van der Waals surface area (Å²) in [6.07, 6.45) is 0.808. The van der Waals surface area contributed by atoms with Crippen molar-refractivity contribution in [2.24, 2.45) is 0 Å². The first-order chi connectivity index (χ1) is 11.9. The van der Waals surface area contributed by atoms with Gasteiger partial charge in [0.15, 0.2) is 11.6 Å². The van der Waals surface area contributed by atoms with Gasteiger partial charge in [-0.05, 0) is 39.0 Å². The molecule has 0 fully saturated rings. The van der Waals surface area contributed by atoms with Gasteiger partial charge in [-0.15, -0.1) is 0 Å². The molecule has 2 aromatic rings. The number of hydrogen-bond acceptors (Lipinski definition) is 4. The van der Waals surface area contributed by atoms with Crippen LogP contribution < -0.4 is 10.1 Å². The Morgan fingerprint density at radius 3 is 2.68 bits per heavy atom. The maximum absolute atomic E-state index is 13.7. The van der Waals surface area contributed by atoms with Crippen LogP contribution in [0.4, 0.5) is 8.78 Å². The topological polar surface area (TPSA) is 60.5 Å². The van der Waals surface area contributed by atoms with E-state index in [9.17, 15) is 13.6 Å². The third-order valence-corrected chi connectivity index (χ3v) is 3.25. The first-order valence-corrected chi connectivity index (χ1v) is 7.86. The minimum Gasteiger partial charge on any atom is -0.436 e. The lowest BCUT2D eigenvalue weighted by Crippen LogP contribution is -2.35. The average Bonchev–Trinajstić information content (AvgIpc) is 2.55. The van der Waals surface area contributed by atoms with Crippen LogP contribution >= 0.6 is 0 Å². The molecule has 0 aliphatic rings. The van der Waals surface area contributed by atoms with E-state index in [0.717, 1.165) is 12.1 Å². The average molecular weight is 350 g/mol. The van der Waals surface area contributed by atoms with Crippen molar-refractivity contribution in [3.05, 3.63) is 53.7 Å². The highest BCUT2D eigenvalue weighted by molar-refractivity contribution is 5.80. The molecule has 0 spiro atoms. The van der Waals surface area contributed by atoms with Gasteiger partial charge in [0.25, 0.3) is 0 Å². The number of rotatable bonds is 7. The smallest absolute Gasteiger partial charge is 0.249 e. The molecule has 25 heavy (non-hydrogen) atoms. The standard InChI is InChI=1S/C18H20F2N2O3/c1-11(2)24-12(3)17(23)22-10-13-5-4-8-21-18(13)25-16-7-6-14(19)9-15(16)20/h4-9,11-12H,10H2,1-3H3,(H,22,23). The minimum absolute atomic E-state index is 0.0699. The number of hydrogen-bond donors (Lipinski definition) is 1. The van der Waals surface area contributed by atoms with E-state index >= 15 is 0 Å². The van der Waals surface area contributed by atoms with Gasteiger partial charge < -0.3 is 14.8 Å². The molecule has 1 N–H and O–H groups in total. The molecule has 1 atom stereocenters. The summed E-state index contributed by atoms with van der Waals surface area (Å²) >= 11 is 0. The Hall–Kier alpha value is -2.54. The van der Waals surface area contributed by atoms with Crippen LogP contribution in [0.25, 0.3) is 0 Å². The molecule has 1 amide bonds. The molecule has 1 heterocycles. The lowest BCUT2D eigenvalue weighted by atomic mass is 10.2. The summed E-state index contributed by atoms with van der Waals surface area (Å²) in [5.74, 6) is -1.83. The number of aromatic nitrogens is 1. The minimum atomic E-state index is -0.834. The summed E-state index contributed by atoms with van der Waals surface area (Å²) < 4.78 is 37.5. The number of nitrogens with zero attached hydrogens (tertiary/aromatic N) is 1. The van der Waals surface area contributed by atoms with Crippen LogP contribution in [0.1, 0.15) is 26.3 Å². The Kier molecular flexibility index (Phi) is 6.41. The first kappa shape index (κ1) is 18.8. The van der Waals surface area contributed by atoms with Gasteiger partial charge in [0.1, 0.15) is 11.9 Å². The zero-order valence-corrected chi connectivity index (χ0v) is 14.3. The molecule has 1 aromatic heterocycles. The molecule has 0 radical (unpaired) electrons. The van der Waals surface area contributed by atoms with Crippen LogP contribution in [0.15, 0.2) is 36.5 Å². The Balaban J connectivity index is 2.06. The van der Waals surface area contributed by atoms with Crippen LogP contribution in [-0.2, 0) is 16.1 Å². The SMILES string of the molecule is CC(C)OC(C)C(=O)NCc1cccnc1Oc1ccc(F)cc1F. The van der Waals surface area contributed by atoms with Crippen molar-refractivity contribution in [3.63, 3.8) is 0 Å². The Morgan fingerprint density at radius 1 is 1.24 bits per heavy atom. The molecule has 2 rings (SSSR count). The van der Waals surface area contributed by atoms with Gasteiger partial charge in [0.05, 0.1) is 6.10 Å². The molecule has 0 bridgehead atoms. The number of nitrogens with one attached hydrogen (secondary N) is 1. The van der Waals surface area contributed by atoms with Crippen LogP contribution in [0.5, 0.6) is 11.6 Å². The number of carbonyl (C=O) groups excluding carboxylic acids is 1. The Bertz CT molecular complexity index is 738. The van der Waals surface area contributed by atoms with Crippen molar-refractivity contribution < 1.29 is 23.0 Å². The van der Waals surface area contributed by atoms with E-state index in [1.807, 2.05) is 13.8 Å². The lowest BCUT2D eigenvalue weighted by Gasteiger charge is -2.16. The summed E-state index contributed by atoms with van der Waals surface area (Å²) in [7, 11) is 0. The highest BCUT2D eigenvalue weighted by atomic mass is 19.1. The van der Waals surface area contributed by atoms with E-state index in [2.05, 4.69) is 10.3 Å². The molecule has 1 aromatic carbocycles. The highest BCUT2D eigenvalue weighted by Gasteiger charge is 2.16. The van der Waals surface area contributed by atoms with E-state index in [4.69, 9.17) is 9.47 Å².